The van der Waals surface area contributed by atoms with Crippen LogP contribution in [0, 0.1) is 12.3 Å². The molecule has 0 aromatic carbocycles. The predicted molar refractivity (Wildman–Crippen MR) is 46.7 cm³/mol. The van der Waals surface area contributed by atoms with Crippen LogP contribution in [0.25, 0.3) is 0 Å². The first-order valence-electron chi connectivity index (χ1n) is 3.92. The normalized spacial score (nSPS) is 10.2. The van der Waals surface area contributed by atoms with Crippen LogP contribution in [0.2, 0.25) is 0 Å². The quantitative estimate of drug-likeness (QED) is 0.326. The molecule has 0 heterocycles. The first kappa shape index (κ1) is 11.4. The van der Waals surface area contributed by atoms with Gasteiger partial charge in [-0.2, -0.15) is 0 Å². The second-order valence-corrected chi connectivity index (χ2v) is 2.28. The Morgan fingerprint density at radius 2 is 2.00 bits per heavy atom. The molecule has 0 N–H and O–H groups in total. The average Bonchev–Trinajstić information content (AvgIpc) is 2.11. The van der Waals surface area contributed by atoms with Crippen molar-refractivity contribution in [2.24, 2.45) is 0 Å². The van der Waals surface area contributed by atoms with E-state index in [-0.39, 0.29) is 6.29 Å². The van der Waals surface area contributed by atoms with Gasteiger partial charge < -0.3 is 14.2 Å². The maximum atomic E-state index is 5.23. The number of terminal acetylenes is 1. The number of hydrogen-bond donors (Lipinski definition) is 0. The van der Waals surface area contributed by atoms with Crippen molar-refractivity contribution in [3.63, 3.8) is 0 Å². The van der Waals surface area contributed by atoms with Crippen LogP contribution in [0.15, 0.2) is 0 Å². The van der Waals surface area contributed by atoms with Crippen LogP contribution in [0.4, 0.5) is 0 Å². The smallest absolute Gasteiger partial charge is 0.180 e. The van der Waals surface area contributed by atoms with Crippen LogP contribution in [0.5, 0.6) is 0 Å². The number of methoxy groups -OCH3 is 2. The van der Waals surface area contributed by atoms with E-state index in [2.05, 4.69) is 5.92 Å². The van der Waals surface area contributed by atoms with E-state index in [0.29, 0.717) is 13.2 Å². The molecule has 0 amide bonds. The highest BCUT2D eigenvalue weighted by molar-refractivity contribution is 4.82. The summed E-state index contributed by atoms with van der Waals surface area (Å²) in [5, 5.41) is 0. The van der Waals surface area contributed by atoms with Gasteiger partial charge in [-0.3, -0.25) is 0 Å². The van der Waals surface area contributed by atoms with Gasteiger partial charge in [0.25, 0.3) is 0 Å². The molecule has 0 aliphatic heterocycles. The lowest BCUT2D eigenvalue weighted by Crippen LogP contribution is -2.20. The van der Waals surface area contributed by atoms with Crippen LogP contribution in [0.1, 0.15) is 12.8 Å². The van der Waals surface area contributed by atoms with Gasteiger partial charge in [-0.15, -0.1) is 12.3 Å². The summed E-state index contributed by atoms with van der Waals surface area (Å²) in [7, 11) is 3.16. The maximum Gasteiger partial charge on any atom is 0.180 e. The van der Waals surface area contributed by atoms with E-state index in [0.717, 1.165) is 12.8 Å². The Hall–Kier alpha value is -0.560. The third-order valence-corrected chi connectivity index (χ3v) is 1.39. The zero-order valence-corrected chi connectivity index (χ0v) is 7.71. The molecule has 0 fully saturated rings. The van der Waals surface area contributed by atoms with Crippen LogP contribution in [-0.2, 0) is 14.2 Å². The van der Waals surface area contributed by atoms with E-state index in [1.165, 1.54) is 0 Å². The molecule has 3 nitrogen and oxygen atoms in total. The highest BCUT2D eigenvalue weighted by atomic mass is 16.7. The Kier molecular flexibility index (Phi) is 8.14. The summed E-state index contributed by atoms with van der Waals surface area (Å²) in [6, 6.07) is 0. The van der Waals surface area contributed by atoms with Crippen molar-refractivity contribution < 1.29 is 14.2 Å². The highest BCUT2D eigenvalue weighted by Gasteiger charge is 2.03. The fourth-order valence-corrected chi connectivity index (χ4v) is 0.688. The van der Waals surface area contributed by atoms with E-state index in [9.17, 15) is 0 Å². The monoisotopic (exact) mass is 172 g/mol. The standard InChI is InChI=1S/C9H16O3/c1-4-5-6-7-12-8-9(10-2)11-3/h1,9H,5-8H2,2-3H3. The summed E-state index contributed by atoms with van der Waals surface area (Å²) in [6.07, 6.45) is 6.44. The highest BCUT2D eigenvalue weighted by Crippen LogP contribution is 1.94. The molecule has 12 heavy (non-hydrogen) atoms. The van der Waals surface area contributed by atoms with Gasteiger partial charge in [0.05, 0.1) is 6.61 Å². The third-order valence-electron chi connectivity index (χ3n) is 1.39. The summed E-state index contributed by atoms with van der Waals surface area (Å²) in [6.45, 7) is 1.12. The fourth-order valence-electron chi connectivity index (χ4n) is 0.688. The fraction of sp³-hybridized carbons (Fsp3) is 0.778. The van der Waals surface area contributed by atoms with Crippen LogP contribution in [-0.4, -0.2) is 33.7 Å². The molecule has 3 heteroatoms. The summed E-state index contributed by atoms with van der Waals surface area (Å²) >= 11 is 0. The molecule has 0 bridgehead atoms. The molecular formula is C9H16O3. The first-order chi connectivity index (χ1) is 5.85. The molecular weight excluding hydrogens is 156 g/mol. The van der Waals surface area contributed by atoms with Gasteiger partial charge in [-0.25, -0.2) is 0 Å². The average molecular weight is 172 g/mol. The lowest BCUT2D eigenvalue weighted by atomic mass is 10.3. The van der Waals surface area contributed by atoms with Gasteiger partial charge in [0, 0.05) is 27.2 Å². The topological polar surface area (TPSA) is 27.7 Å². The molecule has 0 atom stereocenters. The summed E-state index contributed by atoms with van der Waals surface area (Å²) < 4.78 is 15.1. The molecule has 0 saturated carbocycles. The molecule has 0 aromatic rings. The van der Waals surface area contributed by atoms with E-state index in [4.69, 9.17) is 20.6 Å². The van der Waals surface area contributed by atoms with E-state index < -0.39 is 0 Å². The zero-order chi connectivity index (χ0) is 9.23. The lowest BCUT2D eigenvalue weighted by Gasteiger charge is -2.12. The van der Waals surface area contributed by atoms with Crippen molar-refractivity contribution in [2.45, 2.75) is 19.1 Å². The second-order valence-electron chi connectivity index (χ2n) is 2.28. The van der Waals surface area contributed by atoms with Crippen LogP contribution < -0.4 is 0 Å². The van der Waals surface area contributed by atoms with Gasteiger partial charge in [0.15, 0.2) is 6.29 Å². The Morgan fingerprint density at radius 1 is 1.33 bits per heavy atom. The summed E-state index contributed by atoms with van der Waals surface area (Å²) in [5.41, 5.74) is 0. The summed E-state index contributed by atoms with van der Waals surface area (Å²) in [5.74, 6) is 2.54. The SMILES string of the molecule is C#CCCCOCC(OC)OC. The van der Waals surface area contributed by atoms with Crippen molar-refractivity contribution in [2.75, 3.05) is 27.4 Å². The molecule has 0 aromatic heterocycles. The Labute approximate surface area is 74.0 Å². The second kappa shape index (κ2) is 8.54. The number of rotatable bonds is 7. The predicted octanol–water partition coefficient (Wildman–Crippen LogP) is 1.04. The van der Waals surface area contributed by atoms with Crippen LogP contribution in [0.3, 0.4) is 0 Å². The van der Waals surface area contributed by atoms with Crippen molar-refractivity contribution in [1.82, 2.24) is 0 Å². The van der Waals surface area contributed by atoms with Gasteiger partial charge in [0.1, 0.15) is 0 Å². The molecule has 0 radical (unpaired) electrons. The molecule has 0 aliphatic rings. The molecule has 0 saturated heterocycles. The van der Waals surface area contributed by atoms with Gasteiger partial charge in [-0.05, 0) is 6.42 Å². The Balaban J connectivity index is 3.13. The molecule has 0 unspecified atom stereocenters. The molecule has 0 rings (SSSR count). The Bertz CT molecular complexity index is 124. The van der Waals surface area contributed by atoms with Crippen molar-refractivity contribution in [1.29, 1.82) is 0 Å². The summed E-state index contributed by atoms with van der Waals surface area (Å²) in [4.78, 5) is 0. The van der Waals surface area contributed by atoms with Crippen molar-refractivity contribution in [3.05, 3.63) is 0 Å². The first-order valence-corrected chi connectivity index (χ1v) is 3.92. The zero-order valence-electron chi connectivity index (χ0n) is 7.71. The van der Waals surface area contributed by atoms with Crippen molar-refractivity contribution in [3.8, 4) is 12.3 Å². The Morgan fingerprint density at radius 3 is 2.50 bits per heavy atom. The number of hydrogen-bond acceptors (Lipinski definition) is 3. The van der Waals surface area contributed by atoms with Crippen LogP contribution >= 0.6 is 0 Å². The number of unbranched alkanes of at least 4 members (excludes halogenated alkanes) is 1. The van der Waals surface area contributed by atoms with Crippen molar-refractivity contribution >= 4 is 0 Å². The van der Waals surface area contributed by atoms with E-state index in [1.807, 2.05) is 0 Å². The third kappa shape index (κ3) is 6.17. The minimum atomic E-state index is -0.268. The lowest BCUT2D eigenvalue weighted by molar-refractivity contribution is -0.140. The number of ether oxygens (including phenoxy) is 3. The minimum Gasteiger partial charge on any atom is -0.376 e. The van der Waals surface area contributed by atoms with E-state index in [1.54, 1.807) is 14.2 Å². The minimum absolute atomic E-state index is 0.268. The van der Waals surface area contributed by atoms with Gasteiger partial charge in [0.2, 0.25) is 0 Å². The van der Waals surface area contributed by atoms with E-state index >= 15 is 0 Å². The molecule has 0 spiro atoms. The maximum absolute atomic E-state index is 5.23. The largest absolute Gasteiger partial charge is 0.376 e. The van der Waals surface area contributed by atoms with Gasteiger partial charge >= 0.3 is 0 Å². The van der Waals surface area contributed by atoms with Gasteiger partial charge in [-0.1, -0.05) is 0 Å². The molecule has 70 valence electrons. The molecule has 0 aliphatic carbocycles.